The molecule has 0 aromatic carbocycles. The molecule has 0 spiro atoms. The van der Waals surface area contributed by atoms with Gasteiger partial charge in [-0.05, 0) is 12.8 Å². The monoisotopic (exact) mass is 131 g/mol. The molecule has 1 saturated carbocycles. The van der Waals surface area contributed by atoms with Crippen molar-refractivity contribution in [2.45, 2.75) is 37.0 Å². The normalized spacial score (nSPS) is 39.8. The molecule has 8 heavy (non-hydrogen) atoms. The molecular formula is C6H13NS. The van der Waals surface area contributed by atoms with Gasteiger partial charge in [0.05, 0.1) is 0 Å². The summed E-state index contributed by atoms with van der Waals surface area (Å²) >= 11 is 4.33. The average Bonchev–Trinajstić information content (AvgIpc) is 1.77. The van der Waals surface area contributed by atoms with Crippen molar-refractivity contribution in [3.8, 4) is 0 Å². The van der Waals surface area contributed by atoms with Crippen molar-refractivity contribution in [2.75, 3.05) is 0 Å². The molecule has 48 valence electrons. The van der Waals surface area contributed by atoms with Gasteiger partial charge in [0, 0.05) is 11.3 Å². The van der Waals surface area contributed by atoms with E-state index in [2.05, 4.69) is 12.6 Å². The summed E-state index contributed by atoms with van der Waals surface area (Å²) in [4.78, 5) is 0. The Hall–Kier alpha value is 0.310. The van der Waals surface area contributed by atoms with Gasteiger partial charge in [0.1, 0.15) is 0 Å². The van der Waals surface area contributed by atoms with E-state index in [-0.39, 0.29) is 0 Å². The van der Waals surface area contributed by atoms with Crippen LogP contribution in [0.1, 0.15) is 25.7 Å². The van der Waals surface area contributed by atoms with E-state index >= 15 is 0 Å². The third-order valence-corrected chi connectivity index (χ3v) is 2.42. The van der Waals surface area contributed by atoms with Crippen molar-refractivity contribution in [1.82, 2.24) is 0 Å². The molecule has 0 saturated heterocycles. The van der Waals surface area contributed by atoms with Crippen LogP contribution in [-0.4, -0.2) is 11.3 Å². The molecule has 1 rings (SSSR count). The second kappa shape index (κ2) is 2.74. The Morgan fingerprint density at radius 1 is 1.25 bits per heavy atom. The lowest BCUT2D eigenvalue weighted by molar-refractivity contribution is 0.455. The summed E-state index contributed by atoms with van der Waals surface area (Å²) in [5.41, 5.74) is 5.70. The minimum atomic E-state index is 0.368. The molecule has 0 aliphatic heterocycles. The van der Waals surface area contributed by atoms with Crippen molar-refractivity contribution in [3.63, 3.8) is 0 Å². The second-order valence-electron chi connectivity index (χ2n) is 2.52. The summed E-state index contributed by atoms with van der Waals surface area (Å²) < 4.78 is 0. The Morgan fingerprint density at radius 2 is 1.88 bits per heavy atom. The first-order valence-corrected chi connectivity index (χ1v) is 3.76. The maximum atomic E-state index is 5.70. The highest BCUT2D eigenvalue weighted by Crippen LogP contribution is 2.20. The van der Waals surface area contributed by atoms with E-state index in [4.69, 9.17) is 5.73 Å². The minimum absolute atomic E-state index is 0.368. The van der Waals surface area contributed by atoms with Crippen molar-refractivity contribution in [1.29, 1.82) is 0 Å². The van der Waals surface area contributed by atoms with Crippen LogP contribution in [0.25, 0.3) is 0 Å². The van der Waals surface area contributed by atoms with Gasteiger partial charge in [-0.15, -0.1) is 0 Å². The Labute approximate surface area is 56.1 Å². The van der Waals surface area contributed by atoms with Gasteiger partial charge in [-0.1, -0.05) is 12.8 Å². The fraction of sp³-hybridized carbons (Fsp3) is 1.00. The third kappa shape index (κ3) is 1.39. The summed E-state index contributed by atoms with van der Waals surface area (Å²) in [6.07, 6.45) is 5.01. The summed E-state index contributed by atoms with van der Waals surface area (Å²) in [6, 6.07) is 0.368. The highest BCUT2D eigenvalue weighted by Gasteiger charge is 2.16. The van der Waals surface area contributed by atoms with Gasteiger partial charge in [-0.2, -0.15) is 12.6 Å². The molecule has 1 fully saturated rings. The van der Waals surface area contributed by atoms with Crippen LogP contribution in [0.5, 0.6) is 0 Å². The summed E-state index contributed by atoms with van der Waals surface area (Å²) in [6.45, 7) is 0. The van der Waals surface area contributed by atoms with Crippen LogP contribution >= 0.6 is 12.6 Å². The van der Waals surface area contributed by atoms with Crippen LogP contribution in [-0.2, 0) is 0 Å². The molecule has 0 bridgehead atoms. The quantitative estimate of drug-likeness (QED) is 0.474. The highest BCUT2D eigenvalue weighted by molar-refractivity contribution is 7.81. The van der Waals surface area contributed by atoms with Gasteiger partial charge in [0.25, 0.3) is 0 Å². The first-order valence-electron chi connectivity index (χ1n) is 3.24. The predicted molar refractivity (Wildman–Crippen MR) is 39.2 cm³/mol. The van der Waals surface area contributed by atoms with E-state index in [1.165, 1.54) is 25.7 Å². The molecule has 2 heteroatoms. The maximum absolute atomic E-state index is 5.70. The summed E-state index contributed by atoms with van der Waals surface area (Å²) in [5.74, 6) is 0. The SMILES string of the molecule is N[C@@H]1CCCC[C@H]1S. The van der Waals surface area contributed by atoms with Gasteiger partial charge in [0.2, 0.25) is 0 Å². The fourth-order valence-corrected chi connectivity index (χ4v) is 1.47. The van der Waals surface area contributed by atoms with Gasteiger partial charge >= 0.3 is 0 Å². The lowest BCUT2D eigenvalue weighted by atomic mass is 9.96. The number of hydrogen-bond donors (Lipinski definition) is 2. The molecule has 0 aromatic heterocycles. The molecule has 0 aromatic rings. The van der Waals surface area contributed by atoms with Gasteiger partial charge in [-0.3, -0.25) is 0 Å². The Kier molecular flexibility index (Phi) is 2.20. The zero-order chi connectivity index (χ0) is 5.98. The fourth-order valence-electron chi connectivity index (χ4n) is 1.14. The maximum Gasteiger partial charge on any atom is 0.0168 e. The van der Waals surface area contributed by atoms with E-state index in [0.717, 1.165) is 0 Å². The Morgan fingerprint density at radius 3 is 2.25 bits per heavy atom. The van der Waals surface area contributed by atoms with Gasteiger partial charge < -0.3 is 5.73 Å². The van der Waals surface area contributed by atoms with E-state index < -0.39 is 0 Å². The van der Waals surface area contributed by atoms with Gasteiger partial charge in [0.15, 0.2) is 0 Å². The first-order chi connectivity index (χ1) is 3.80. The second-order valence-corrected chi connectivity index (χ2v) is 3.18. The average molecular weight is 131 g/mol. The standard InChI is InChI=1S/C6H13NS/c7-5-3-1-2-4-6(5)8/h5-6,8H,1-4,7H2/t5-,6-/m1/s1. The molecule has 0 radical (unpaired) electrons. The van der Waals surface area contributed by atoms with Crippen LogP contribution < -0.4 is 5.73 Å². The summed E-state index contributed by atoms with van der Waals surface area (Å²) in [5, 5.41) is 0.476. The zero-order valence-corrected chi connectivity index (χ0v) is 5.90. The lowest BCUT2D eigenvalue weighted by Crippen LogP contribution is -2.33. The zero-order valence-electron chi connectivity index (χ0n) is 5.01. The topological polar surface area (TPSA) is 26.0 Å². The molecule has 1 nitrogen and oxygen atoms in total. The molecule has 1 aliphatic rings. The molecule has 0 heterocycles. The largest absolute Gasteiger partial charge is 0.327 e. The van der Waals surface area contributed by atoms with Crippen molar-refractivity contribution < 1.29 is 0 Å². The van der Waals surface area contributed by atoms with Crippen molar-refractivity contribution >= 4 is 12.6 Å². The molecular weight excluding hydrogens is 118 g/mol. The van der Waals surface area contributed by atoms with Crippen LogP contribution in [0.4, 0.5) is 0 Å². The number of hydrogen-bond acceptors (Lipinski definition) is 2. The van der Waals surface area contributed by atoms with Crippen LogP contribution in [0, 0.1) is 0 Å². The highest BCUT2D eigenvalue weighted by atomic mass is 32.1. The molecule has 1 aliphatic carbocycles. The van der Waals surface area contributed by atoms with Gasteiger partial charge in [-0.25, -0.2) is 0 Å². The smallest absolute Gasteiger partial charge is 0.0168 e. The first kappa shape index (κ1) is 6.43. The number of rotatable bonds is 0. The van der Waals surface area contributed by atoms with E-state index in [9.17, 15) is 0 Å². The van der Waals surface area contributed by atoms with E-state index in [1.54, 1.807) is 0 Å². The van der Waals surface area contributed by atoms with Crippen LogP contribution in [0.3, 0.4) is 0 Å². The van der Waals surface area contributed by atoms with Crippen molar-refractivity contribution in [2.24, 2.45) is 5.73 Å². The van der Waals surface area contributed by atoms with E-state index in [1.807, 2.05) is 0 Å². The molecule has 2 N–H and O–H groups in total. The molecule has 0 unspecified atom stereocenters. The number of thiol groups is 1. The van der Waals surface area contributed by atoms with E-state index in [0.29, 0.717) is 11.3 Å². The summed E-state index contributed by atoms with van der Waals surface area (Å²) in [7, 11) is 0. The van der Waals surface area contributed by atoms with Crippen molar-refractivity contribution in [3.05, 3.63) is 0 Å². The minimum Gasteiger partial charge on any atom is -0.327 e. The Balaban J connectivity index is 2.28. The third-order valence-electron chi connectivity index (χ3n) is 1.78. The molecule has 0 amide bonds. The predicted octanol–water partition coefficient (Wildman–Crippen LogP) is 1.19. The lowest BCUT2D eigenvalue weighted by Gasteiger charge is -2.23. The number of nitrogens with two attached hydrogens (primary N) is 1. The molecule has 2 atom stereocenters. The van der Waals surface area contributed by atoms with Crippen LogP contribution in [0.2, 0.25) is 0 Å². The Bertz CT molecular complexity index is 64.9. The van der Waals surface area contributed by atoms with Crippen LogP contribution in [0.15, 0.2) is 0 Å².